The van der Waals surface area contributed by atoms with Gasteiger partial charge in [-0.05, 0) is 0 Å². The summed E-state index contributed by atoms with van der Waals surface area (Å²) < 4.78 is 45.0. The minimum atomic E-state index is -4.44. The fourth-order valence-electron chi connectivity index (χ4n) is 2.75. The van der Waals surface area contributed by atoms with Crippen LogP contribution in [0.25, 0.3) is 0 Å². The zero-order valence-electron chi connectivity index (χ0n) is 9.01. The summed E-state index contributed by atoms with van der Waals surface area (Å²) in [6.07, 6.45) is -1.52. The zero-order valence-corrected chi connectivity index (χ0v) is 9.83. The van der Waals surface area contributed by atoms with Gasteiger partial charge in [-0.1, -0.05) is 0 Å². The number of esters is 2. The maximum absolute atomic E-state index is 11.5. The summed E-state index contributed by atoms with van der Waals surface area (Å²) in [6, 6.07) is 0. The van der Waals surface area contributed by atoms with Crippen LogP contribution in [0.2, 0.25) is 0 Å². The van der Waals surface area contributed by atoms with Gasteiger partial charge in [-0.3, -0.25) is 14.1 Å². The van der Waals surface area contributed by atoms with Gasteiger partial charge in [-0.15, -0.1) is 0 Å². The van der Waals surface area contributed by atoms with Gasteiger partial charge in [-0.2, -0.15) is 8.42 Å². The van der Waals surface area contributed by atoms with Crippen LogP contribution in [0.15, 0.2) is 0 Å². The molecule has 0 aromatic carbocycles. The van der Waals surface area contributed by atoms with E-state index in [1.54, 1.807) is 0 Å². The third-order valence-electron chi connectivity index (χ3n) is 3.34. The molecule has 3 aliphatic rings. The largest absolute Gasteiger partial charge is 0.459 e. The molecule has 2 bridgehead atoms. The predicted octanol–water partition coefficient (Wildman–Crippen LogP) is -1.50. The van der Waals surface area contributed by atoms with Crippen molar-refractivity contribution in [3.63, 3.8) is 0 Å². The van der Waals surface area contributed by atoms with Gasteiger partial charge in [0.15, 0.2) is 5.75 Å². The maximum atomic E-state index is 11.5. The van der Waals surface area contributed by atoms with Crippen LogP contribution in [0.4, 0.5) is 0 Å². The highest BCUT2D eigenvalue weighted by Gasteiger charge is 2.65. The van der Waals surface area contributed by atoms with Crippen molar-refractivity contribution in [3.05, 3.63) is 0 Å². The molecule has 5 unspecified atom stereocenters. The lowest BCUT2D eigenvalue weighted by Crippen LogP contribution is -2.40. The first-order chi connectivity index (χ1) is 8.35. The van der Waals surface area contributed by atoms with E-state index in [0.717, 1.165) is 0 Å². The molecule has 3 heterocycles. The molecule has 0 spiro atoms. The summed E-state index contributed by atoms with van der Waals surface area (Å²) in [5, 5.41) is 0. The molecule has 3 saturated heterocycles. The van der Waals surface area contributed by atoms with E-state index in [1.807, 2.05) is 0 Å². The van der Waals surface area contributed by atoms with Gasteiger partial charge in [0, 0.05) is 6.42 Å². The molecule has 3 rings (SSSR count). The molecule has 0 saturated carbocycles. The number of ether oxygens (including phenoxy) is 3. The summed E-state index contributed by atoms with van der Waals surface area (Å²) in [5.41, 5.74) is 0. The lowest BCUT2D eigenvalue weighted by Gasteiger charge is -2.21. The van der Waals surface area contributed by atoms with Crippen LogP contribution >= 0.6 is 0 Å². The maximum Gasteiger partial charge on any atom is 0.324 e. The number of carbonyl (C=O) groups is 2. The molecule has 5 atom stereocenters. The van der Waals surface area contributed by atoms with E-state index in [4.69, 9.17) is 18.8 Å². The third kappa shape index (κ3) is 1.78. The fourth-order valence-corrected chi connectivity index (χ4v) is 3.11. The van der Waals surface area contributed by atoms with E-state index in [9.17, 15) is 18.0 Å². The SMILES string of the molecule is O=C(CS(=O)(=O)O)OC1C2CC3OC(=O)C1C3O2. The Kier molecular flexibility index (Phi) is 2.41. The molecular formula is C9H10O8S. The van der Waals surface area contributed by atoms with Crippen LogP contribution < -0.4 is 0 Å². The zero-order chi connectivity index (χ0) is 13.1. The molecule has 0 radical (unpaired) electrons. The first-order valence-corrected chi connectivity index (χ1v) is 6.97. The van der Waals surface area contributed by atoms with E-state index in [-0.39, 0.29) is 6.10 Å². The number of carbonyl (C=O) groups excluding carboxylic acids is 2. The highest BCUT2D eigenvalue weighted by Crippen LogP contribution is 2.47. The van der Waals surface area contributed by atoms with E-state index >= 15 is 0 Å². The molecule has 0 aromatic heterocycles. The monoisotopic (exact) mass is 278 g/mol. The molecule has 1 N–H and O–H groups in total. The Morgan fingerprint density at radius 3 is 2.83 bits per heavy atom. The van der Waals surface area contributed by atoms with E-state index in [2.05, 4.69) is 0 Å². The van der Waals surface area contributed by atoms with Gasteiger partial charge in [-0.25, -0.2) is 0 Å². The number of rotatable bonds is 3. The third-order valence-corrected chi connectivity index (χ3v) is 3.95. The van der Waals surface area contributed by atoms with Gasteiger partial charge < -0.3 is 14.2 Å². The summed E-state index contributed by atoms with van der Waals surface area (Å²) in [4.78, 5) is 22.8. The first kappa shape index (κ1) is 11.9. The van der Waals surface area contributed by atoms with Gasteiger partial charge in [0.2, 0.25) is 0 Å². The standard InChI is InChI=1S/C9H10O8S/c10-5(2-18(12,13)14)17-8-3-1-4-7(15-3)6(8)9(11)16-4/h3-4,6-8H,1-2H2,(H,12,13,14). The molecule has 0 aromatic rings. The van der Waals surface area contributed by atoms with Gasteiger partial charge in [0.25, 0.3) is 10.1 Å². The molecule has 18 heavy (non-hydrogen) atoms. The summed E-state index contributed by atoms with van der Waals surface area (Å²) in [7, 11) is -4.44. The number of hydrogen-bond acceptors (Lipinski definition) is 7. The number of hydrogen-bond donors (Lipinski definition) is 1. The molecule has 9 heteroatoms. The molecule has 0 amide bonds. The Labute approximate surface area is 102 Å². The average molecular weight is 278 g/mol. The van der Waals surface area contributed by atoms with E-state index in [1.165, 1.54) is 0 Å². The van der Waals surface area contributed by atoms with Gasteiger partial charge in [0.1, 0.15) is 24.2 Å². The van der Waals surface area contributed by atoms with Crippen molar-refractivity contribution in [1.82, 2.24) is 0 Å². The van der Waals surface area contributed by atoms with Crippen LogP contribution in [0.1, 0.15) is 6.42 Å². The van der Waals surface area contributed by atoms with Crippen LogP contribution in [0.5, 0.6) is 0 Å². The van der Waals surface area contributed by atoms with Crippen molar-refractivity contribution in [3.8, 4) is 0 Å². The van der Waals surface area contributed by atoms with Crippen molar-refractivity contribution in [2.45, 2.75) is 30.8 Å². The fraction of sp³-hybridized carbons (Fsp3) is 0.778. The highest BCUT2D eigenvalue weighted by molar-refractivity contribution is 7.86. The van der Waals surface area contributed by atoms with E-state index in [0.29, 0.717) is 6.42 Å². The second-order valence-corrected chi connectivity index (χ2v) is 6.01. The number of fused-ring (bicyclic) bond motifs is 1. The molecular weight excluding hydrogens is 268 g/mol. The second-order valence-electron chi connectivity index (χ2n) is 4.56. The molecule has 100 valence electrons. The summed E-state index contributed by atoms with van der Waals surface area (Å²) in [6.45, 7) is 0. The van der Waals surface area contributed by atoms with Crippen LogP contribution in [0.3, 0.4) is 0 Å². The smallest absolute Gasteiger partial charge is 0.324 e. The lowest BCUT2D eigenvalue weighted by molar-refractivity contribution is -0.153. The summed E-state index contributed by atoms with van der Waals surface area (Å²) in [5.74, 6) is -3.41. The minimum Gasteiger partial charge on any atom is -0.459 e. The van der Waals surface area contributed by atoms with Gasteiger partial charge >= 0.3 is 11.9 Å². The van der Waals surface area contributed by atoms with Crippen LogP contribution in [-0.4, -0.2) is 55.1 Å². The van der Waals surface area contributed by atoms with Crippen molar-refractivity contribution in [2.75, 3.05) is 5.75 Å². The normalized spacial score (nSPS) is 40.9. The van der Waals surface area contributed by atoms with Crippen molar-refractivity contribution in [2.24, 2.45) is 5.92 Å². The predicted molar refractivity (Wildman–Crippen MR) is 52.9 cm³/mol. The minimum absolute atomic E-state index is 0.288. The van der Waals surface area contributed by atoms with Crippen molar-refractivity contribution in [1.29, 1.82) is 0 Å². The Balaban J connectivity index is 1.71. The molecule has 0 aliphatic carbocycles. The topological polar surface area (TPSA) is 116 Å². The average Bonchev–Trinajstić information content (AvgIpc) is 2.75. The molecule has 8 nitrogen and oxygen atoms in total. The second kappa shape index (κ2) is 3.65. The lowest BCUT2D eigenvalue weighted by atomic mass is 9.87. The highest BCUT2D eigenvalue weighted by atomic mass is 32.2. The Bertz CT molecular complexity index is 509. The van der Waals surface area contributed by atoms with Gasteiger partial charge in [0.05, 0.1) is 6.10 Å². The van der Waals surface area contributed by atoms with Crippen LogP contribution in [0, 0.1) is 5.92 Å². The Morgan fingerprint density at radius 1 is 1.44 bits per heavy atom. The van der Waals surface area contributed by atoms with Crippen molar-refractivity contribution < 1.29 is 36.8 Å². The molecule has 3 fully saturated rings. The Morgan fingerprint density at radius 2 is 2.17 bits per heavy atom. The van der Waals surface area contributed by atoms with E-state index < -0.39 is 52.0 Å². The Hall–Kier alpha value is -1.19. The molecule has 3 aliphatic heterocycles. The quantitative estimate of drug-likeness (QED) is 0.489. The van der Waals surface area contributed by atoms with Crippen LogP contribution in [-0.2, 0) is 33.9 Å². The first-order valence-electron chi connectivity index (χ1n) is 5.36. The van der Waals surface area contributed by atoms with Crippen molar-refractivity contribution >= 4 is 22.1 Å². The summed E-state index contributed by atoms with van der Waals surface area (Å²) >= 11 is 0.